The molecule has 5 atom stereocenters. The fraction of sp³-hybridized carbons (Fsp3) is 0.953. The van der Waals surface area contributed by atoms with Gasteiger partial charge in [0.25, 0.3) is 0 Å². The van der Waals surface area contributed by atoms with Gasteiger partial charge in [-0.1, -0.05) is 395 Å². The lowest BCUT2D eigenvalue weighted by Crippen LogP contribution is -2.30. The second-order valence-corrected chi connectivity index (χ2v) is 34.9. The highest BCUT2D eigenvalue weighted by Crippen LogP contribution is 2.45. The molecule has 0 aliphatic heterocycles. The van der Waals surface area contributed by atoms with Crippen LogP contribution in [0.3, 0.4) is 0 Å². The van der Waals surface area contributed by atoms with Crippen LogP contribution in [0.5, 0.6) is 0 Å². The van der Waals surface area contributed by atoms with Gasteiger partial charge in [0.15, 0.2) is 12.2 Å². The Kier molecular flexibility index (Phi) is 73.7. The van der Waals surface area contributed by atoms with Crippen LogP contribution in [0.1, 0.15) is 447 Å². The van der Waals surface area contributed by atoms with Crippen molar-refractivity contribution in [3.8, 4) is 0 Å². The van der Waals surface area contributed by atoms with E-state index in [-0.39, 0.29) is 25.7 Å². The summed E-state index contributed by atoms with van der Waals surface area (Å²) in [7, 11) is -9.92. The Morgan fingerprint density at radius 2 is 0.442 bits per heavy atom. The molecule has 0 aliphatic rings. The lowest BCUT2D eigenvalue weighted by Gasteiger charge is -2.21. The zero-order valence-electron chi connectivity index (χ0n) is 68.5. The number of phosphoric ester groups is 2. The lowest BCUT2D eigenvalue weighted by molar-refractivity contribution is -0.161. The van der Waals surface area contributed by atoms with Crippen LogP contribution in [0.4, 0.5) is 0 Å². The SMILES string of the molecule is CCCCCCCCCCC(=O)OC[C@H](COP(=O)(O)OC[C@H](O)COP(=O)(O)OC[C@@H](COC(=O)CCCCCCCCCCCCCCCCCCC(C)C)OC(=O)CCCCCCCCCCCCCCCCCCCCC(C)C)OC(=O)CCCCCCCCCCCCCCCC(C)C. The maximum atomic E-state index is 13.1. The Hall–Kier alpha value is -1.94. The van der Waals surface area contributed by atoms with E-state index >= 15 is 0 Å². The van der Waals surface area contributed by atoms with Crippen LogP contribution in [0.2, 0.25) is 0 Å². The van der Waals surface area contributed by atoms with Gasteiger partial charge in [-0.25, -0.2) is 9.13 Å². The molecule has 19 heteroatoms. The molecule has 0 amide bonds. The van der Waals surface area contributed by atoms with Gasteiger partial charge in [0.1, 0.15) is 19.3 Å². The summed E-state index contributed by atoms with van der Waals surface area (Å²) < 4.78 is 68.8. The molecule has 0 saturated heterocycles. The standard InChI is InChI=1S/C85H166O17P2/c1-8-9-10-11-12-45-52-59-66-82(87)95-72-80(101-84(89)69-62-55-48-41-35-29-23-26-32-38-44-51-58-65-78(6)7)74-99-103(91,92)97-70-79(86)71-98-104(93,94)100-75-81(73-96-83(88)67-60-53-46-39-33-27-21-18-17-20-25-31-37-43-50-57-64-77(4)5)102-85(90)68-61-54-47-40-34-28-22-16-14-13-15-19-24-30-36-42-49-56-63-76(2)3/h76-81,86H,8-75H2,1-7H3,(H,91,92)(H,93,94)/t79-,80+,81+/m0/s1. The van der Waals surface area contributed by atoms with E-state index in [0.717, 1.165) is 114 Å². The maximum absolute atomic E-state index is 13.1. The Morgan fingerprint density at radius 1 is 0.260 bits per heavy atom. The van der Waals surface area contributed by atoms with Gasteiger partial charge in [-0.15, -0.1) is 0 Å². The molecule has 0 aromatic rings. The van der Waals surface area contributed by atoms with E-state index in [2.05, 4.69) is 48.5 Å². The molecule has 0 fully saturated rings. The number of unbranched alkanes of at least 4 members (excludes halogenated alkanes) is 51. The molecule has 0 spiro atoms. The summed E-state index contributed by atoms with van der Waals surface area (Å²) in [6.07, 6.45) is 65.4. The van der Waals surface area contributed by atoms with Crippen molar-refractivity contribution >= 4 is 39.5 Å². The molecule has 0 aromatic carbocycles. The third kappa shape index (κ3) is 78.2. The van der Waals surface area contributed by atoms with Crippen molar-refractivity contribution in [2.24, 2.45) is 17.8 Å². The van der Waals surface area contributed by atoms with E-state index in [9.17, 15) is 43.2 Å². The van der Waals surface area contributed by atoms with Crippen molar-refractivity contribution in [2.45, 2.75) is 465 Å². The average Bonchev–Trinajstić information content (AvgIpc) is 0.910. The molecule has 2 unspecified atom stereocenters. The molecule has 618 valence electrons. The van der Waals surface area contributed by atoms with Gasteiger partial charge in [0.2, 0.25) is 0 Å². The summed E-state index contributed by atoms with van der Waals surface area (Å²) in [5.74, 6) is 0.312. The van der Waals surface area contributed by atoms with Crippen LogP contribution in [0.15, 0.2) is 0 Å². The van der Waals surface area contributed by atoms with Gasteiger partial charge in [0.05, 0.1) is 26.4 Å². The normalized spacial score (nSPS) is 13.9. The first-order valence-electron chi connectivity index (χ1n) is 43.8. The minimum atomic E-state index is -4.96. The number of phosphoric acid groups is 2. The molecule has 0 aliphatic carbocycles. The molecule has 0 bridgehead atoms. The fourth-order valence-electron chi connectivity index (χ4n) is 13.2. The first-order valence-corrected chi connectivity index (χ1v) is 46.8. The number of esters is 4. The minimum absolute atomic E-state index is 0.107. The maximum Gasteiger partial charge on any atom is 0.472 e. The van der Waals surface area contributed by atoms with Crippen LogP contribution < -0.4 is 0 Å². The highest BCUT2D eigenvalue weighted by Gasteiger charge is 2.30. The molecular formula is C85H166O17P2. The monoisotopic (exact) mass is 1520 g/mol. The van der Waals surface area contributed by atoms with E-state index in [1.54, 1.807) is 0 Å². The van der Waals surface area contributed by atoms with Crippen LogP contribution in [0.25, 0.3) is 0 Å². The van der Waals surface area contributed by atoms with Crippen molar-refractivity contribution < 1.29 is 80.2 Å². The van der Waals surface area contributed by atoms with Crippen molar-refractivity contribution in [3.05, 3.63) is 0 Å². The number of aliphatic hydroxyl groups is 1. The number of carbonyl (C=O) groups is 4. The quantitative estimate of drug-likeness (QED) is 0.0222. The van der Waals surface area contributed by atoms with Crippen LogP contribution in [0, 0.1) is 17.8 Å². The topological polar surface area (TPSA) is 237 Å². The molecule has 0 heterocycles. The molecule has 0 aromatic heterocycles. The van der Waals surface area contributed by atoms with Gasteiger partial charge in [-0.2, -0.15) is 0 Å². The molecule has 0 rings (SSSR count). The number of rotatable bonds is 83. The molecular weight excluding hydrogens is 1350 g/mol. The summed E-state index contributed by atoms with van der Waals surface area (Å²) in [5.41, 5.74) is 0. The van der Waals surface area contributed by atoms with Gasteiger partial charge in [0, 0.05) is 25.7 Å². The largest absolute Gasteiger partial charge is 0.472 e. The highest BCUT2D eigenvalue weighted by molar-refractivity contribution is 7.47. The van der Waals surface area contributed by atoms with Crippen molar-refractivity contribution in [2.75, 3.05) is 39.6 Å². The van der Waals surface area contributed by atoms with Crippen molar-refractivity contribution in [3.63, 3.8) is 0 Å². The molecule has 104 heavy (non-hydrogen) atoms. The van der Waals surface area contributed by atoms with Gasteiger partial charge < -0.3 is 33.8 Å². The van der Waals surface area contributed by atoms with E-state index in [0.29, 0.717) is 25.7 Å². The summed E-state index contributed by atoms with van der Waals surface area (Å²) in [6, 6.07) is 0. The molecule has 0 saturated carbocycles. The number of carbonyl (C=O) groups excluding carboxylic acids is 4. The third-order valence-corrected chi connectivity index (χ3v) is 21.8. The Balaban J connectivity index is 5.19. The predicted molar refractivity (Wildman–Crippen MR) is 428 cm³/mol. The third-order valence-electron chi connectivity index (χ3n) is 19.9. The number of hydrogen-bond acceptors (Lipinski definition) is 15. The molecule has 17 nitrogen and oxygen atoms in total. The van der Waals surface area contributed by atoms with Crippen LogP contribution >= 0.6 is 15.6 Å². The lowest BCUT2D eigenvalue weighted by atomic mass is 10.0. The second kappa shape index (κ2) is 75.1. The van der Waals surface area contributed by atoms with Crippen LogP contribution in [-0.4, -0.2) is 96.7 Å². The van der Waals surface area contributed by atoms with Gasteiger partial charge in [-0.05, 0) is 43.4 Å². The summed E-state index contributed by atoms with van der Waals surface area (Å²) in [4.78, 5) is 73.1. The summed E-state index contributed by atoms with van der Waals surface area (Å²) in [6.45, 7) is 12.0. The second-order valence-electron chi connectivity index (χ2n) is 32.0. The predicted octanol–water partition coefficient (Wildman–Crippen LogP) is 25.7. The number of aliphatic hydroxyl groups excluding tert-OH is 1. The van der Waals surface area contributed by atoms with Gasteiger partial charge >= 0.3 is 39.5 Å². The summed E-state index contributed by atoms with van der Waals surface area (Å²) in [5, 5.41) is 10.7. The molecule has 0 radical (unpaired) electrons. The Morgan fingerprint density at radius 3 is 0.654 bits per heavy atom. The first-order chi connectivity index (χ1) is 50.2. The Bertz CT molecular complexity index is 2010. The highest BCUT2D eigenvalue weighted by atomic mass is 31.2. The van der Waals surface area contributed by atoms with E-state index in [4.69, 9.17) is 37.0 Å². The van der Waals surface area contributed by atoms with E-state index in [1.807, 2.05) is 0 Å². The fourth-order valence-corrected chi connectivity index (χ4v) is 14.8. The average molecular weight is 1520 g/mol. The van der Waals surface area contributed by atoms with E-state index < -0.39 is 97.5 Å². The smallest absolute Gasteiger partial charge is 0.462 e. The van der Waals surface area contributed by atoms with Crippen LogP contribution in [-0.2, 0) is 65.4 Å². The number of hydrogen-bond donors (Lipinski definition) is 3. The molecule has 3 N–H and O–H groups in total. The van der Waals surface area contributed by atoms with Crippen molar-refractivity contribution in [1.82, 2.24) is 0 Å². The minimum Gasteiger partial charge on any atom is -0.462 e. The zero-order chi connectivity index (χ0) is 76.5. The zero-order valence-corrected chi connectivity index (χ0v) is 70.3. The number of ether oxygens (including phenoxy) is 4. The first kappa shape index (κ1) is 102. The van der Waals surface area contributed by atoms with Gasteiger partial charge in [-0.3, -0.25) is 37.3 Å². The van der Waals surface area contributed by atoms with E-state index in [1.165, 1.54) is 250 Å². The summed E-state index contributed by atoms with van der Waals surface area (Å²) >= 11 is 0. The Labute approximate surface area is 638 Å². The van der Waals surface area contributed by atoms with Crippen molar-refractivity contribution in [1.29, 1.82) is 0 Å².